The molecule has 0 amide bonds. The highest BCUT2D eigenvalue weighted by molar-refractivity contribution is 14.0. The maximum absolute atomic E-state index is 5.58. The van der Waals surface area contributed by atoms with Crippen molar-refractivity contribution in [3.8, 4) is 0 Å². The molecule has 2 aromatic carbocycles. The lowest BCUT2D eigenvalue weighted by Gasteiger charge is -2.19. The summed E-state index contributed by atoms with van der Waals surface area (Å²) in [7, 11) is 3.51. The van der Waals surface area contributed by atoms with Crippen molar-refractivity contribution in [3.05, 3.63) is 70.8 Å². The van der Waals surface area contributed by atoms with Crippen LogP contribution in [-0.4, -0.2) is 26.7 Å². The fourth-order valence-corrected chi connectivity index (χ4v) is 2.64. The van der Waals surface area contributed by atoms with Crippen molar-refractivity contribution in [1.29, 1.82) is 0 Å². The van der Waals surface area contributed by atoms with E-state index in [4.69, 9.17) is 4.74 Å². The normalized spacial score (nSPS) is 12.2. The first-order chi connectivity index (χ1) is 11.6. The molecule has 0 aromatic heterocycles. The van der Waals surface area contributed by atoms with Crippen molar-refractivity contribution in [2.75, 3.05) is 20.7 Å². The van der Waals surface area contributed by atoms with Gasteiger partial charge in [-0.25, -0.2) is 0 Å². The second-order valence-electron chi connectivity index (χ2n) is 5.87. The summed E-state index contributed by atoms with van der Waals surface area (Å²) in [6.07, 6.45) is -0.00846. The van der Waals surface area contributed by atoms with E-state index >= 15 is 0 Å². The van der Waals surface area contributed by atoms with Crippen molar-refractivity contribution in [1.82, 2.24) is 10.6 Å². The summed E-state index contributed by atoms with van der Waals surface area (Å²) in [5.41, 5.74) is 4.99. The monoisotopic (exact) mass is 453 g/mol. The van der Waals surface area contributed by atoms with Crippen LogP contribution in [0.3, 0.4) is 0 Å². The highest BCUT2D eigenvalue weighted by Crippen LogP contribution is 2.14. The average molecular weight is 453 g/mol. The summed E-state index contributed by atoms with van der Waals surface area (Å²) in [4.78, 5) is 4.29. The third kappa shape index (κ3) is 6.66. The first-order valence-corrected chi connectivity index (χ1v) is 8.22. The molecule has 0 radical (unpaired) electrons. The van der Waals surface area contributed by atoms with Gasteiger partial charge in [-0.1, -0.05) is 54.1 Å². The van der Waals surface area contributed by atoms with Gasteiger partial charge in [0.15, 0.2) is 5.96 Å². The zero-order valence-electron chi connectivity index (χ0n) is 15.4. The molecule has 4 nitrogen and oxygen atoms in total. The molecule has 0 heterocycles. The number of nitrogens with zero attached hydrogens (tertiary/aromatic N) is 1. The van der Waals surface area contributed by atoms with Gasteiger partial charge in [0.1, 0.15) is 0 Å². The van der Waals surface area contributed by atoms with Crippen molar-refractivity contribution in [3.63, 3.8) is 0 Å². The minimum absolute atomic E-state index is 0. The van der Waals surface area contributed by atoms with E-state index in [2.05, 4.69) is 59.8 Å². The number of ether oxygens (including phenoxy) is 1. The Bertz CT molecular complexity index is 674. The largest absolute Gasteiger partial charge is 0.375 e. The molecule has 25 heavy (non-hydrogen) atoms. The fraction of sp³-hybridized carbons (Fsp3) is 0.350. The molecule has 0 saturated carbocycles. The first-order valence-electron chi connectivity index (χ1n) is 8.22. The van der Waals surface area contributed by atoms with Crippen LogP contribution >= 0.6 is 24.0 Å². The van der Waals surface area contributed by atoms with E-state index in [-0.39, 0.29) is 30.1 Å². The molecular weight excluding hydrogens is 425 g/mol. The van der Waals surface area contributed by atoms with Crippen LogP contribution in [-0.2, 0) is 11.3 Å². The van der Waals surface area contributed by atoms with E-state index in [0.717, 1.165) is 18.1 Å². The number of nitrogens with one attached hydrogen (secondary N) is 2. The van der Waals surface area contributed by atoms with Crippen LogP contribution in [0.5, 0.6) is 0 Å². The number of hydrogen-bond donors (Lipinski definition) is 2. The van der Waals surface area contributed by atoms with E-state index in [9.17, 15) is 0 Å². The molecule has 0 fully saturated rings. The van der Waals surface area contributed by atoms with Crippen molar-refractivity contribution in [2.45, 2.75) is 26.5 Å². The van der Waals surface area contributed by atoms with E-state index in [1.54, 1.807) is 14.2 Å². The summed E-state index contributed by atoms with van der Waals surface area (Å²) in [5.74, 6) is 0.771. The molecule has 136 valence electrons. The molecule has 5 heteroatoms. The Balaban J connectivity index is 0.00000312. The Morgan fingerprint density at radius 3 is 2.40 bits per heavy atom. The third-order valence-corrected chi connectivity index (χ3v) is 4.08. The molecular formula is C20H28IN3O. The summed E-state index contributed by atoms with van der Waals surface area (Å²) in [6, 6.07) is 16.7. The second-order valence-corrected chi connectivity index (χ2v) is 5.87. The molecule has 2 rings (SSSR count). The molecule has 1 atom stereocenters. The molecule has 0 bridgehead atoms. The van der Waals surface area contributed by atoms with Gasteiger partial charge in [0.05, 0.1) is 6.10 Å². The quantitative estimate of drug-likeness (QED) is 0.395. The van der Waals surface area contributed by atoms with Gasteiger partial charge in [-0.2, -0.15) is 0 Å². The van der Waals surface area contributed by atoms with E-state index in [0.29, 0.717) is 6.54 Å². The van der Waals surface area contributed by atoms with Gasteiger partial charge in [0, 0.05) is 27.2 Å². The summed E-state index contributed by atoms with van der Waals surface area (Å²) in [5, 5.41) is 6.69. The molecule has 0 aliphatic carbocycles. The molecule has 2 N–H and O–H groups in total. The van der Waals surface area contributed by atoms with Gasteiger partial charge in [0.25, 0.3) is 0 Å². The Hall–Kier alpha value is -1.60. The maximum Gasteiger partial charge on any atom is 0.191 e. The lowest BCUT2D eigenvalue weighted by Crippen LogP contribution is -2.39. The lowest BCUT2D eigenvalue weighted by molar-refractivity contribution is 0.106. The number of benzene rings is 2. The van der Waals surface area contributed by atoms with Crippen LogP contribution in [0.15, 0.2) is 53.5 Å². The van der Waals surface area contributed by atoms with Crippen LogP contribution in [0, 0.1) is 13.8 Å². The second kappa shape index (κ2) is 11.1. The van der Waals surface area contributed by atoms with Gasteiger partial charge in [-0.3, -0.25) is 4.99 Å². The maximum atomic E-state index is 5.58. The highest BCUT2D eigenvalue weighted by atomic mass is 127. The number of halogens is 1. The van der Waals surface area contributed by atoms with Gasteiger partial charge < -0.3 is 15.4 Å². The minimum atomic E-state index is -0.00846. The molecule has 1 unspecified atom stereocenters. The smallest absolute Gasteiger partial charge is 0.191 e. The zero-order valence-corrected chi connectivity index (χ0v) is 17.7. The SMILES string of the molecule is CN=C(NCc1ccc(C)cc1C)NCC(OC)c1ccccc1.I. The number of methoxy groups -OCH3 is 1. The fourth-order valence-electron chi connectivity index (χ4n) is 2.64. The number of aliphatic imine (C=N–C) groups is 1. The van der Waals surface area contributed by atoms with Gasteiger partial charge >= 0.3 is 0 Å². The van der Waals surface area contributed by atoms with Crippen molar-refractivity contribution in [2.24, 2.45) is 4.99 Å². The highest BCUT2D eigenvalue weighted by Gasteiger charge is 2.10. The summed E-state index contributed by atoms with van der Waals surface area (Å²) < 4.78 is 5.58. The van der Waals surface area contributed by atoms with Crippen LogP contribution < -0.4 is 10.6 Å². The van der Waals surface area contributed by atoms with Crippen molar-refractivity contribution >= 4 is 29.9 Å². The molecule has 0 spiro atoms. The Labute approximate surface area is 168 Å². The van der Waals surface area contributed by atoms with E-state index in [1.165, 1.54) is 16.7 Å². The number of aryl methyl sites for hydroxylation is 2. The summed E-state index contributed by atoms with van der Waals surface area (Å²) >= 11 is 0. The topological polar surface area (TPSA) is 45.7 Å². The van der Waals surface area contributed by atoms with Crippen LogP contribution in [0.25, 0.3) is 0 Å². The molecule has 0 saturated heterocycles. The third-order valence-electron chi connectivity index (χ3n) is 4.08. The number of hydrogen-bond acceptors (Lipinski definition) is 2. The molecule has 0 aliphatic heterocycles. The van der Waals surface area contributed by atoms with E-state index < -0.39 is 0 Å². The van der Waals surface area contributed by atoms with E-state index in [1.807, 2.05) is 18.2 Å². The van der Waals surface area contributed by atoms with Gasteiger partial charge in [0.2, 0.25) is 0 Å². The molecule has 0 aliphatic rings. The molecule has 2 aromatic rings. The standard InChI is InChI=1S/C20H27N3O.HI/c1-15-10-11-18(16(2)12-15)13-22-20(21-3)23-14-19(24-4)17-8-6-5-7-9-17;/h5-12,19H,13-14H2,1-4H3,(H2,21,22,23);1H. The van der Waals surface area contributed by atoms with Crippen LogP contribution in [0.1, 0.15) is 28.4 Å². The Morgan fingerprint density at radius 2 is 1.80 bits per heavy atom. The predicted molar refractivity (Wildman–Crippen MR) is 116 cm³/mol. The first kappa shape index (κ1) is 21.4. The van der Waals surface area contributed by atoms with Crippen molar-refractivity contribution < 1.29 is 4.74 Å². The Kier molecular flexibility index (Phi) is 9.52. The van der Waals surface area contributed by atoms with Gasteiger partial charge in [-0.15, -0.1) is 24.0 Å². The lowest BCUT2D eigenvalue weighted by atomic mass is 10.1. The predicted octanol–water partition coefficient (Wildman–Crippen LogP) is 3.97. The van der Waals surface area contributed by atoms with Crippen LogP contribution in [0.2, 0.25) is 0 Å². The summed E-state index contributed by atoms with van der Waals surface area (Å²) in [6.45, 7) is 5.65. The Morgan fingerprint density at radius 1 is 1.08 bits per heavy atom. The average Bonchev–Trinajstić information content (AvgIpc) is 2.60. The van der Waals surface area contributed by atoms with Crippen LogP contribution in [0.4, 0.5) is 0 Å². The number of rotatable bonds is 6. The van der Waals surface area contributed by atoms with Gasteiger partial charge in [-0.05, 0) is 30.5 Å². The zero-order chi connectivity index (χ0) is 17.4. The number of guanidine groups is 1. The minimum Gasteiger partial charge on any atom is -0.375 e.